The van der Waals surface area contributed by atoms with Crippen LogP contribution < -0.4 is 0 Å². The van der Waals surface area contributed by atoms with E-state index in [9.17, 15) is 0 Å². The molecular formula is C23H27N2O+. The first kappa shape index (κ1) is 17.2. The van der Waals surface area contributed by atoms with E-state index in [1.165, 1.54) is 30.3 Å². The number of fused-ring (bicyclic) bond motifs is 1. The summed E-state index contributed by atoms with van der Waals surface area (Å²) in [4.78, 5) is 4.71. The zero-order chi connectivity index (χ0) is 17.8. The molecule has 0 N–H and O–H groups in total. The van der Waals surface area contributed by atoms with Crippen molar-refractivity contribution >= 4 is 10.9 Å². The molecule has 1 aliphatic rings. The van der Waals surface area contributed by atoms with Crippen molar-refractivity contribution in [1.82, 2.24) is 4.98 Å². The molecule has 2 aromatic carbocycles. The number of hydrogen-bond donors (Lipinski definition) is 0. The minimum Gasteiger partial charge on any atom is -0.369 e. The standard InChI is InChI=1S/C23H27N2O/c1-25(16-19-8-3-2-4-9-19)15-7-11-22(25)18-26-17-21-14-13-20-10-5-6-12-23(20)24-21/h2-6,8-10,12-14,22H,7,11,15-18H2,1H3/q+1/t22-,25-/m0/s1. The lowest BCUT2D eigenvalue weighted by molar-refractivity contribution is -0.934. The summed E-state index contributed by atoms with van der Waals surface area (Å²) in [5.41, 5.74) is 3.47. The summed E-state index contributed by atoms with van der Waals surface area (Å²) in [7, 11) is 2.38. The summed E-state index contributed by atoms with van der Waals surface area (Å²) in [6, 6.07) is 23.8. The molecule has 2 heterocycles. The number of para-hydroxylation sites is 1. The van der Waals surface area contributed by atoms with Crippen molar-refractivity contribution < 1.29 is 9.22 Å². The third-order valence-corrected chi connectivity index (χ3v) is 5.69. The Hall–Kier alpha value is -2.23. The molecule has 0 amide bonds. The topological polar surface area (TPSA) is 22.1 Å². The fourth-order valence-corrected chi connectivity index (χ4v) is 4.14. The summed E-state index contributed by atoms with van der Waals surface area (Å²) in [5.74, 6) is 0. The summed E-state index contributed by atoms with van der Waals surface area (Å²) in [6.07, 6.45) is 2.53. The van der Waals surface area contributed by atoms with Crippen LogP contribution in [-0.2, 0) is 17.9 Å². The highest BCUT2D eigenvalue weighted by atomic mass is 16.5. The molecule has 2 atom stereocenters. The van der Waals surface area contributed by atoms with Gasteiger partial charge < -0.3 is 9.22 Å². The minimum atomic E-state index is 0.565. The first-order chi connectivity index (χ1) is 12.7. The van der Waals surface area contributed by atoms with Gasteiger partial charge in [-0.3, -0.25) is 4.98 Å². The van der Waals surface area contributed by atoms with Crippen LogP contribution in [0.2, 0.25) is 0 Å². The monoisotopic (exact) mass is 347 g/mol. The van der Waals surface area contributed by atoms with Gasteiger partial charge in [-0.1, -0.05) is 54.6 Å². The van der Waals surface area contributed by atoms with Gasteiger partial charge in [-0.25, -0.2) is 0 Å². The number of likely N-dealkylation sites (N-methyl/N-ethyl adjacent to an activating group) is 1. The van der Waals surface area contributed by atoms with Crippen LogP contribution >= 0.6 is 0 Å². The number of ether oxygens (including phenoxy) is 1. The molecule has 26 heavy (non-hydrogen) atoms. The van der Waals surface area contributed by atoms with E-state index in [1.807, 2.05) is 12.1 Å². The van der Waals surface area contributed by atoms with Crippen LogP contribution in [0.5, 0.6) is 0 Å². The van der Waals surface area contributed by atoms with Crippen LogP contribution in [-0.4, -0.2) is 35.7 Å². The van der Waals surface area contributed by atoms with Crippen LogP contribution in [0, 0.1) is 0 Å². The van der Waals surface area contributed by atoms with Crippen molar-refractivity contribution in [3.63, 3.8) is 0 Å². The molecule has 3 heteroatoms. The molecule has 4 rings (SSSR count). The van der Waals surface area contributed by atoms with Gasteiger partial charge in [-0.05, 0) is 12.1 Å². The fraction of sp³-hybridized carbons (Fsp3) is 0.348. The van der Waals surface area contributed by atoms with Crippen LogP contribution in [0.25, 0.3) is 10.9 Å². The van der Waals surface area contributed by atoms with Gasteiger partial charge in [0.25, 0.3) is 0 Å². The number of benzene rings is 2. The predicted molar refractivity (Wildman–Crippen MR) is 106 cm³/mol. The second-order valence-electron chi connectivity index (χ2n) is 7.65. The average Bonchev–Trinajstić information content (AvgIpc) is 3.02. The van der Waals surface area contributed by atoms with Gasteiger partial charge in [0.05, 0.1) is 38.0 Å². The van der Waals surface area contributed by atoms with Gasteiger partial charge in [0.15, 0.2) is 0 Å². The maximum atomic E-state index is 6.11. The molecule has 0 radical (unpaired) electrons. The first-order valence-corrected chi connectivity index (χ1v) is 9.53. The zero-order valence-corrected chi connectivity index (χ0v) is 15.5. The molecule has 134 valence electrons. The molecule has 1 aliphatic heterocycles. The van der Waals surface area contributed by atoms with E-state index in [2.05, 4.69) is 61.6 Å². The second-order valence-corrected chi connectivity index (χ2v) is 7.65. The highest BCUT2D eigenvalue weighted by Gasteiger charge is 2.38. The minimum absolute atomic E-state index is 0.565. The lowest BCUT2D eigenvalue weighted by atomic mass is 10.1. The van der Waals surface area contributed by atoms with E-state index in [0.717, 1.165) is 28.8 Å². The molecule has 0 spiro atoms. The van der Waals surface area contributed by atoms with Gasteiger partial charge in [-0.2, -0.15) is 0 Å². The van der Waals surface area contributed by atoms with Gasteiger partial charge >= 0.3 is 0 Å². The Bertz CT molecular complexity index is 864. The van der Waals surface area contributed by atoms with E-state index in [4.69, 9.17) is 9.72 Å². The fourth-order valence-electron chi connectivity index (χ4n) is 4.14. The summed E-state index contributed by atoms with van der Waals surface area (Å²) in [5, 5.41) is 1.18. The molecule has 0 bridgehead atoms. The second kappa shape index (κ2) is 7.56. The van der Waals surface area contributed by atoms with E-state index in [-0.39, 0.29) is 0 Å². The molecule has 0 aliphatic carbocycles. The Labute approximate surface area is 155 Å². The van der Waals surface area contributed by atoms with E-state index in [1.54, 1.807) is 0 Å². The number of quaternary nitrogens is 1. The molecule has 3 aromatic rings. The van der Waals surface area contributed by atoms with Crippen molar-refractivity contribution in [3.05, 3.63) is 78.0 Å². The normalized spacial score (nSPS) is 22.7. The third kappa shape index (κ3) is 3.79. The van der Waals surface area contributed by atoms with Crippen LogP contribution in [0.15, 0.2) is 66.7 Å². The largest absolute Gasteiger partial charge is 0.369 e. The Morgan fingerprint density at radius 3 is 2.69 bits per heavy atom. The van der Waals surface area contributed by atoms with Crippen molar-refractivity contribution in [2.45, 2.75) is 32.0 Å². The van der Waals surface area contributed by atoms with Crippen molar-refractivity contribution in [1.29, 1.82) is 0 Å². The summed E-state index contributed by atoms with van der Waals surface area (Å²) >= 11 is 0. The third-order valence-electron chi connectivity index (χ3n) is 5.69. The van der Waals surface area contributed by atoms with Crippen LogP contribution in [0.1, 0.15) is 24.1 Å². The molecule has 3 nitrogen and oxygen atoms in total. The Morgan fingerprint density at radius 1 is 1.00 bits per heavy atom. The van der Waals surface area contributed by atoms with E-state index in [0.29, 0.717) is 12.6 Å². The number of nitrogens with zero attached hydrogens (tertiary/aromatic N) is 2. The molecule has 0 saturated carbocycles. The SMILES string of the molecule is C[N@@+]1(Cc2ccccc2)CCC[C@H]1COCc1ccc2ccccc2n1. The molecule has 1 fully saturated rings. The Kier molecular flexibility index (Phi) is 5.00. The van der Waals surface area contributed by atoms with Crippen molar-refractivity contribution in [3.8, 4) is 0 Å². The van der Waals surface area contributed by atoms with E-state index < -0.39 is 0 Å². The predicted octanol–water partition coefficient (Wildman–Crippen LogP) is 4.56. The number of pyridine rings is 1. The van der Waals surface area contributed by atoms with Gasteiger partial charge in [0, 0.05) is 23.8 Å². The zero-order valence-electron chi connectivity index (χ0n) is 15.5. The Morgan fingerprint density at radius 2 is 1.81 bits per heavy atom. The highest BCUT2D eigenvalue weighted by Crippen LogP contribution is 2.28. The van der Waals surface area contributed by atoms with Crippen LogP contribution in [0.4, 0.5) is 0 Å². The van der Waals surface area contributed by atoms with Crippen molar-refractivity contribution in [2.24, 2.45) is 0 Å². The molecule has 1 aromatic heterocycles. The van der Waals surface area contributed by atoms with Gasteiger partial charge in [-0.15, -0.1) is 0 Å². The maximum absolute atomic E-state index is 6.11. The number of likely N-dealkylation sites (tertiary alicyclic amines) is 1. The molecule has 0 unspecified atom stereocenters. The molecule has 1 saturated heterocycles. The van der Waals surface area contributed by atoms with Gasteiger partial charge in [0.2, 0.25) is 0 Å². The lowest BCUT2D eigenvalue weighted by Gasteiger charge is -2.36. The smallest absolute Gasteiger partial charge is 0.113 e. The highest BCUT2D eigenvalue weighted by molar-refractivity contribution is 5.78. The Balaban J connectivity index is 1.37. The maximum Gasteiger partial charge on any atom is 0.113 e. The number of aromatic nitrogens is 1. The summed E-state index contributed by atoms with van der Waals surface area (Å²) in [6.45, 7) is 3.71. The van der Waals surface area contributed by atoms with E-state index >= 15 is 0 Å². The molecular weight excluding hydrogens is 320 g/mol. The van der Waals surface area contributed by atoms with Crippen molar-refractivity contribution in [2.75, 3.05) is 20.2 Å². The number of hydrogen-bond acceptors (Lipinski definition) is 2. The lowest BCUT2D eigenvalue weighted by Crippen LogP contribution is -2.49. The van der Waals surface area contributed by atoms with Crippen LogP contribution in [0.3, 0.4) is 0 Å². The first-order valence-electron chi connectivity index (χ1n) is 9.53. The van der Waals surface area contributed by atoms with Gasteiger partial charge in [0.1, 0.15) is 12.6 Å². The number of rotatable bonds is 6. The average molecular weight is 347 g/mol. The quantitative estimate of drug-likeness (QED) is 0.610. The summed E-state index contributed by atoms with van der Waals surface area (Å²) < 4.78 is 7.19.